The lowest BCUT2D eigenvalue weighted by atomic mass is 10.1. The third kappa shape index (κ3) is 3.40. The third-order valence-electron chi connectivity index (χ3n) is 3.83. The first-order valence-electron chi connectivity index (χ1n) is 7.62. The number of nitrogens with zero attached hydrogens (tertiary/aromatic N) is 4. The van der Waals surface area contributed by atoms with Crippen LogP contribution in [0, 0.1) is 0 Å². The van der Waals surface area contributed by atoms with Crippen LogP contribution in [0.5, 0.6) is 0 Å². The first-order valence-corrected chi connectivity index (χ1v) is 9.06. The molecule has 0 amide bonds. The van der Waals surface area contributed by atoms with E-state index < -0.39 is 10.0 Å². The van der Waals surface area contributed by atoms with Gasteiger partial charge in [0.1, 0.15) is 5.84 Å². The first-order chi connectivity index (χ1) is 11.9. The summed E-state index contributed by atoms with van der Waals surface area (Å²) in [5.41, 5.74) is 8.24. The summed E-state index contributed by atoms with van der Waals surface area (Å²) >= 11 is 0. The minimum atomic E-state index is -3.52. The predicted octanol–water partition coefficient (Wildman–Crippen LogP) is 1.51. The van der Waals surface area contributed by atoms with Gasteiger partial charge in [-0.25, -0.2) is 17.7 Å². The molecule has 0 radical (unpaired) electrons. The summed E-state index contributed by atoms with van der Waals surface area (Å²) < 4.78 is 26.0. The van der Waals surface area contributed by atoms with Crippen LogP contribution in [-0.4, -0.2) is 44.2 Å². The molecule has 7 nitrogen and oxygen atoms in total. The van der Waals surface area contributed by atoms with Crippen molar-refractivity contribution >= 4 is 27.2 Å². The van der Waals surface area contributed by atoms with Crippen molar-refractivity contribution in [3.8, 4) is 0 Å². The van der Waals surface area contributed by atoms with Gasteiger partial charge < -0.3 is 10.6 Å². The molecular weight excluding hydrogens is 338 g/mol. The number of amidine groups is 1. The maximum atomic E-state index is 12.4. The molecule has 2 N–H and O–H groups in total. The molecule has 2 heterocycles. The zero-order valence-corrected chi connectivity index (χ0v) is 14.8. The molecule has 1 aliphatic rings. The number of aliphatic imine (C=N–C) groups is 1. The van der Waals surface area contributed by atoms with E-state index in [4.69, 9.17) is 5.73 Å². The van der Waals surface area contributed by atoms with Gasteiger partial charge in [0.2, 0.25) is 10.0 Å². The number of hydrogen-bond acceptors (Lipinski definition) is 6. The summed E-state index contributed by atoms with van der Waals surface area (Å²) in [5, 5.41) is 0. The largest absolute Gasteiger partial charge is 0.386 e. The van der Waals surface area contributed by atoms with E-state index in [9.17, 15) is 8.42 Å². The SMILES string of the molecule is CN(C)S(=O)(=O)c1cccc(C2=CN=C(N)CN2c2cccnc2)c1. The highest BCUT2D eigenvalue weighted by Crippen LogP contribution is 2.29. The summed E-state index contributed by atoms with van der Waals surface area (Å²) in [6.07, 6.45) is 5.07. The molecule has 1 aromatic heterocycles. The lowest BCUT2D eigenvalue weighted by molar-refractivity contribution is 0.520. The molecule has 0 saturated carbocycles. The number of anilines is 1. The van der Waals surface area contributed by atoms with E-state index >= 15 is 0 Å². The molecule has 25 heavy (non-hydrogen) atoms. The van der Waals surface area contributed by atoms with E-state index in [1.807, 2.05) is 23.1 Å². The number of pyridine rings is 1. The first kappa shape index (κ1) is 17.1. The van der Waals surface area contributed by atoms with Gasteiger partial charge in [-0.15, -0.1) is 0 Å². The fourth-order valence-corrected chi connectivity index (χ4v) is 3.45. The van der Waals surface area contributed by atoms with Crippen molar-refractivity contribution in [3.05, 3.63) is 60.6 Å². The third-order valence-corrected chi connectivity index (χ3v) is 5.64. The van der Waals surface area contributed by atoms with Gasteiger partial charge in [0, 0.05) is 25.9 Å². The fraction of sp³-hybridized carbons (Fsp3) is 0.176. The summed E-state index contributed by atoms with van der Waals surface area (Å²) in [6, 6.07) is 10.5. The fourth-order valence-electron chi connectivity index (χ4n) is 2.50. The van der Waals surface area contributed by atoms with E-state index in [0.717, 1.165) is 16.9 Å². The van der Waals surface area contributed by atoms with Gasteiger partial charge in [0.15, 0.2) is 0 Å². The van der Waals surface area contributed by atoms with Crippen molar-refractivity contribution in [2.75, 3.05) is 25.5 Å². The Morgan fingerprint density at radius 2 is 2.00 bits per heavy atom. The van der Waals surface area contributed by atoms with Gasteiger partial charge >= 0.3 is 0 Å². The molecule has 130 valence electrons. The second-order valence-corrected chi connectivity index (χ2v) is 7.90. The van der Waals surface area contributed by atoms with Crippen LogP contribution in [0.4, 0.5) is 5.69 Å². The lowest BCUT2D eigenvalue weighted by Crippen LogP contribution is -2.35. The maximum absolute atomic E-state index is 12.4. The topological polar surface area (TPSA) is 91.9 Å². The predicted molar refractivity (Wildman–Crippen MR) is 98.5 cm³/mol. The van der Waals surface area contributed by atoms with Crippen molar-refractivity contribution < 1.29 is 8.42 Å². The van der Waals surface area contributed by atoms with Gasteiger partial charge in [-0.1, -0.05) is 12.1 Å². The summed E-state index contributed by atoms with van der Waals surface area (Å²) in [5.74, 6) is 0.477. The van der Waals surface area contributed by atoms with E-state index in [1.54, 1.807) is 36.8 Å². The Hall–Kier alpha value is -2.71. The number of hydrogen-bond donors (Lipinski definition) is 1. The van der Waals surface area contributed by atoms with Crippen LogP contribution in [0.1, 0.15) is 5.56 Å². The molecule has 1 aliphatic heterocycles. The number of aromatic nitrogens is 1. The molecule has 0 bridgehead atoms. The lowest BCUT2D eigenvalue weighted by Gasteiger charge is -2.29. The molecule has 3 rings (SSSR count). The highest BCUT2D eigenvalue weighted by atomic mass is 32.2. The van der Waals surface area contributed by atoms with Crippen LogP contribution >= 0.6 is 0 Å². The minimum Gasteiger partial charge on any atom is -0.386 e. The zero-order valence-electron chi connectivity index (χ0n) is 14.0. The molecule has 0 aliphatic carbocycles. The Balaban J connectivity index is 2.08. The van der Waals surface area contributed by atoms with Crippen molar-refractivity contribution in [1.82, 2.24) is 9.29 Å². The van der Waals surface area contributed by atoms with Gasteiger partial charge in [-0.05, 0) is 24.3 Å². The average Bonchev–Trinajstić information content (AvgIpc) is 2.62. The number of rotatable bonds is 4. The number of benzene rings is 1. The smallest absolute Gasteiger partial charge is 0.242 e. The Bertz CT molecular complexity index is 937. The average molecular weight is 357 g/mol. The van der Waals surface area contributed by atoms with E-state index in [2.05, 4.69) is 9.98 Å². The Labute approximate surface area is 147 Å². The molecule has 0 fully saturated rings. The molecule has 0 unspecified atom stereocenters. The van der Waals surface area contributed by atoms with Crippen molar-refractivity contribution in [2.24, 2.45) is 10.7 Å². The quantitative estimate of drug-likeness (QED) is 0.895. The zero-order chi connectivity index (χ0) is 18.0. The van der Waals surface area contributed by atoms with Gasteiger partial charge in [-0.3, -0.25) is 4.98 Å². The summed E-state index contributed by atoms with van der Waals surface area (Å²) in [4.78, 5) is 10.5. The molecule has 0 spiro atoms. The van der Waals surface area contributed by atoms with E-state index in [0.29, 0.717) is 12.4 Å². The Morgan fingerprint density at radius 1 is 1.20 bits per heavy atom. The maximum Gasteiger partial charge on any atom is 0.242 e. The van der Waals surface area contributed by atoms with Crippen LogP contribution in [-0.2, 0) is 10.0 Å². The van der Waals surface area contributed by atoms with Crippen molar-refractivity contribution in [3.63, 3.8) is 0 Å². The molecule has 0 atom stereocenters. The number of sulfonamides is 1. The monoisotopic (exact) mass is 357 g/mol. The van der Waals surface area contributed by atoms with Crippen LogP contribution < -0.4 is 10.6 Å². The minimum absolute atomic E-state index is 0.226. The van der Waals surface area contributed by atoms with Crippen LogP contribution in [0.25, 0.3) is 5.70 Å². The highest BCUT2D eigenvalue weighted by molar-refractivity contribution is 7.89. The van der Waals surface area contributed by atoms with Crippen LogP contribution in [0.2, 0.25) is 0 Å². The normalized spacial score (nSPS) is 15.1. The second kappa shape index (κ2) is 6.66. The highest BCUT2D eigenvalue weighted by Gasteiger charge is 2.22. The van der Waals surface area contributed by atoms with Crippen molar-refractivity contribution in [2.45, 2.75) is 4.90 Å². The molecule has 1 aromatic carbocycles. The molecule has 8 heteroatoms. The van der Waals surface area contributed by atoms with E-state index in [-0.39, 0.29) is 4.90 Å². The second-order valence-electron chi connectivity index (χ2n) is 5.75. The van der Waals surface area contributed by atoms with Crippen molar-refractivity contribution in [1.29, 1.82) is 0 Å². The molecular formula is C17H19N5O2S. The van der Waals surface area contributed by atoms with E-state index in [1.165, 1.54) is 18.4 Å². The van der Waals surface area contributed by atoms with Gasteiger partial charge in [0.25, 0.3) is 0 Å². The van der Waals surface area contributed by atoms with Crippen LogP contribution in [0.15, 0.2) is 64.9 Å². The number of nitrogens with two attached hydrogens (primary N) is 1. The van der Waals surface area contributed by atoms with Gasteiger partial charge in [-0.2, -0.15) is 0 Å². The van der Waals surface area contributed by atoms with Crippen LogP contribution in [0.3, 0.4) is 0 Å². The summed E-state index contributed by atoms with van der Waals surface area (Å²) in [6.45, 7) is 0.405. The van der Waals surface area contributed by atoms with Gasteiger partial charge in [0.05, 0.1) is 35.2 Å². The standard InChI is InChI=1S/C17H19N5O2S/c1-21(2)25(23,24)15-7-3-5-13(9-15)16-11-20-17(18)12-22(16)14-6-4-8-19-10-14/h3-11H,12H2,1-2H3,(H2,18,20). The Kier molecular flexibility index (Phi) is 4.56. The Morgan fingerprint density at radius 3 is 2.68 bits per heavy atom. The summed E-state index contributed by atoms with van der Waals surface area (Å²) in [7, 11) is -0.499. The molecule has 0 saturated heterocycles. The molecule has 2 aromatic rings.